The molecule has 2 aromatic rings. The number of benzene rings is 1. The molecule has 0 saturated carbocycles. The summed E-state index contributed by atoms with van der Waals surface area (Å²) in [5.41, 5.74) is 0.618. The lowest BCUT2D eigenvalue weighted by Crippen LogP contribution is -2.03. The first kappa shape index (κ1) is 12.0. The zero-order chi connectivity index (χ0) is 13.3. The Morgan fingerprint density at radius 3 is 2.67 bits per heavy atom. The van der Waals surface area contributed by atoms with E-state index in [4.69, 9.17) is 0 Å². The lowest BCUT2D eigenvalue weighted by molar-refractivity contribution is -0.384. The minimum absolute atomic E-state index is 0.108. The number of nitrogens with zero attached hydrogens (tertiary/aromatic N) is 3. The summed E-state index contributed by atoms with van der Waals surface area (Å²) in [6.45, 7) is 3.13. The van der Waals surface area contributed by atoms with Gasteiger partial charge in [0.2, 0.25) is 0 Å². The smallest absolute Gasteiger partial charge is 0.293 e. The Morgan fingerprint density at radius 1 is 1.44 bits per heavy atom. The Kier molecular flexibility index (Phi) is 2.93. The normalized spacial score (nSPS) is 10.3. The van der Waals surface area contributed by atoms with Crippen LogP contribution in [0, 0.1) is 17.0 Å². The van der Waals surface area contributed by atoms with Crippen LogP contribution in [0.25, 0.3) is 5.69 Å². The molecule has 0 spiro atoms. The van der Waals surface area contributed by atoms with Crippen molar-refractivity contribution in [3.05, 3.63) is 52.1 Å². The minimum Gasteiger partial charge on any atom is -0.298 e. The second-order valence-corrected chi connectivity index (χ2v) is 3.86. The molecule has 0 bridgehead atoms. The number of Topliss-reactive ketones (excluding diaryl/α,β-unsaturated/α-hetero) is 1. The number of aryl methyl sites for hydroxylation is 1. The summed E-state index contributed by atoms with van der Waals surface area (Å²) < 4.78 is 1.61. The van der Waals surface area contributed by atoms with E-state index in [9.17, 15) is 14.9 Å². The largest absolute Gasteiger partial charge is 0.298 e. The molecule has 6 heteroatoms. The fourth-order valence-corrected chi connectivity index (χ4v) is 1.72. The van der Waals surface area contributed by atoms with Crippen molar-refractivity contribution in [2.75, 3.05) is 0 Å². The van der Waals surface area contributed by atoms with Crippen LogP contribution in [0.2, 0.25) is 0 Å². The third kappa shape index (κ3) is 2.00. The number of hydrogen-bond donors (Lipinski definition) is 0. The van der Waals surface area contributed by atoms with Crippen LogP contribution in [0.4, 0.5) is 5.69 Å². The van der Waals surface area contributed by atoms with Crippen molar-refractivity contribution in [1.82, 2.24) is 9.55 Å². The van der Waals surface area contributed by atoms with E-state index in [2.05, 4.69) is 4.98 Å². The van der Waals surface area contributed by atoms with Crippen molar-refractivity contribution in [1.29, 1.82) is 0 Å². The highest BCUT2D eigenvalue weighted by Crippen LogP contribution is 2.25. The lowest BCUT2D eigenvalue weighted by atomic mass is 10.1. The van der Waals surface area contributed by atoms with Crippen LogP contribution in [0.15, 0.2) is 30.6 Å². The summed E-state index contributed by atoms with van der Waals surface area (Å²) in [6.07, 6.45) is 3.21. The molecule has 1 aromatic carbocycles. The standard InChI is InChI=1S/C12H11N3O3/c1-8(16)10-3-4-11(12(7-10)15(17)18)14-6-5-13-9(14)2/h3-7H,1-2H3. The van der Waals surface area contributed by atoms with E-state index < -0.39 is 4.92 Å². The van der Waals surface area contributed by atoms with Crippen LogP contribution in [0.3, 0.4) is 0 Å². The average Bonchev–Trinajstić information content (AvgIpc) is 2.74. The highest BCUT2D eigenvalue weighted by atomic mass is 16.6. The van der Waals surface area contributed by atoms with Crippen LogP contribution in [-0.4, -0.2) is 20.3 Å². The van der Waals surface area contributed by atoms with Crippen LogP contribution < -0.4 is 0 Å². The van der Waals surface area contributed by atoms with Crippen LogP contribution in [0.5, 0.6) is 0 Å². The van der Waals surface area contributed by atoms with Gasteiger partial charge in [-0.05, 0) is 26.0 Å². The van der Waals surface area contributed by atoms with E-state index >= 15 is 0 Å². The lowest BCUT2D eigenvalue weighted by Gasteiger charge is -2.06. The van der Waals surface area contributed by atoms with E-state index in [0.29, 0.717) is 17.1 Å². The topological polar surface area (TPSA) is 78.0 Å². The quantitative estimate of drug-likeness (QED) is 0.472. The molecule has 92 valence electrons. The second-order valence-electron chi connectivity index (χ2n) is 3.86. The second kappa shape index (κ2) is 4.40. The van der Waals surface area contributed by atoms with Crippen molar-refractivity contribution in [3.63, 3.8) is 0 Å². The van der Waals surface area contributed by atoms with E-state index in [1.165, 1.54) is 13.0 Å². The molecule has 2 rings (SSSR count). The maximum Gasteiger partial charge on any atom is 0.293 e. The van der Waals surface area contributed by atoms with Crippen molar-refractivity contribution in [2.24, 2.45) is 0 Å². The average molecular weight is 245 g/mol. The first-order chi connectivity index (χ1) is 8.50. The Morgan fingerprint density at radius 2 is 2.17 bits per heavy atom. The summed E-state index contributed by atoms with van der Waals surface area (Å²) >= 11 is 0. The Labute approximate surface area is 103 Å². The number of ketones is 1. The predicted molar refractivity (Wildman–Crippen MR) is 65.0 cm³/mol. The fourth-order valence-electron chi connectivity index (χ4n) is 1.72. The molecule has 0 atom stereocenters. The van der Waals surface area contributed by atoms with E-state index in [1.54, 1.807) is 36.0 Å². The van der Waals surface area contributed by atoms with Gasteiger partial charge in [-0.15, -0.1) is 0 Å². The van der Waals surface area contributed by atoms with Gasteiger partial charge in [0.15, 0.2) is 5.78 Å². The molecule has 6 nitrogen and oxygen atoms in total. The molecule has 1 heterocycles. The van der Waals surface area contributed by atoms with Gasteiger partial charge in [-0.25, -0.2) is 4.98 Å². The van der Waals surface area contributed by atoms with Gasteiger partial charge in [-0.2, -0.15) is 0 Å². The maximum absolute atomic E-state index is 11.2. The van der Waals surface area contributed by atoms with Crippen LogP contribution >= 0.6 is 0 Å². The monoisotopic (exact) mass is 245 g/mol. The third-order valence-electron chi connectivity index (χ3n) is 2.66. The zero-order valence-corrected chi connectivity index (χ0v) is 9.95. The van der Waals surface area contributed by atoms with Gasteiger partial charge in [0.05, 0.1) is 4.92 Å². The van der Waals surface area contributed by atoms with Crippen molar-refractivity contribution in [3.8, 4) is 5.69 Å². The van der Waals surface area contributed by atoms with E-state index in [0.717, 1.165) is 0 Å². The van der Waals surface area contributed by atoms with Gasteiger partial charge in [0, 0.05) is 24.0 Å². The van der Waals surface area contributed by atoms with Gasteiger partial charge in [-0.1, -0.05) is 0 Å². The number of nitro benzene ring substituents is 1. The molecule has 0 aliphatic carbocycles. The molecule has 0 amide bonds. The highest BCUT2D eigenvalue weighted by Gasteiger charge is 2.18. The van der Waals surface area contributed by atoms with Crippen molar-refractivity contribution < 1.29 is 9.72 Å². The molecule has 0 fully saturated rings. The van der Waals surface area contributed by atoms with Crippen molar-refractivity contribution >= 4 is 11.5 Å². The molecule has 0 N–H and O–H groups in total. The first-order valence-electron chi connectivity index (χ1n) is 5.30. The van der Waals surface area contributed by atoms with Gasteiger partial charge >= 0.3 is 0 Å². The van der Waals surface area contributed by atoms with Crippen LogP contribution in [-0.2, 0) is 0 Å². The number of aromatic nitrogens is 2. The minimum atomic E-state index is -0.499. The number of carbonyl (C=O) groups excluding carboxylic acids is 1. The van der Waals surface area contributed by atoms with Crippen LogP contribution in [0.1, 0.15) is 23.1 Å². The van der Waals surface area contributed by atoms with Gasteiger partial charge in [-0.3, -0.25) is 19.5 Å². The van der Waals surface area contributed by atoms with Crippen molar-refractivity contribution in [2.45, 2.75) is 13.8 Å². The third-order valence-corrected chi connectivity index (χ3v) is 2.66. The molecule has 0 aliphatic heterocycles. The van der Waals surface area contributed by atoms with Gasteiger partial charge in [0.1, 0.15) is 11.5 Å². The SMILES string of the molecule is CC(=O)c1ccc(-n2ccnc2C)c([N+](=O)[O-])c1. The maximum atomic E-state index is 11.2. The number of imidazole rings is 1. The number of hydrogen-bond acceptors (Lipinski definition) is 4. The fraction of sp³-hybridized carbons (Fsp3) is 0.167. The zero-order valence-electron chi connectivity index (χ0n) is 9.95. The highest BCUT2D eigenvalue weighted by molar-refractivity contribution is 5.95. The summed E-state index contributed by atoms with van der Waals surface area (Å²) in [7, 11) is 0. The Bertz CT molecular complexity index is 631. The molecule has 0 saturated heterocycles. The number of rotatable bonds is 3. The predicted octanol–water partition coefficient (Wildman–Crippen LogP) is 2.29. The Hall–Kier alpha value is -2.50. The number of nitro groups is 1. The first-order valence-corrected chi connectivity index (χ1v) is 5.30. The summed E-state index contributed by atoms with van der Waals surface area (Å²) in [5, 5.41) is 11.1. The molecule has 0 radical (unpaired) electrons. The molecule has 0 aliphatic rings. The molecule has 0 unspecified atom stereocenters. The van der Waals surface area contributed by atoms with E-state index in [1.807, 2.05) is 0 Å². The summed E-state index contributed by atoms with van der Waals surface area (Å²) in [6, 6.07) is 4.42. The summed E-state index contributed by atoms with van der Waals surface area (Å²) in [4.78, 5) is 25.8. The molecule has 1 aromatic heterocycles. The number of carbonyl (C=O) groups is 1. The molecular weight excluding hydrogens is 234 g/mol. The Balaban J connectivity index is 2.65. The van der Waals surface area contributed by atoms with Gasteiger partial charge in [0.25, 0.3) is 5.69 Å². The molecular formula is C12H11N3O3. The van der Waals surface area contributed by atoms with Gasteiger partial charge < -0.3 is 0 Å². The van der Waals surface area contributed by atoms with E-state index in [-0.39, 0.29) is 11.5 Å². The summed E-state index contributed by atoms with van der Waals surface area (Å²) in [5.74, 6) is 0.445. The molecule has 18 heavy (non-hydrogen) atoms.